The first-order chi connectivity index (χ1) is 31.6. The number of methoxy groups -OCH3 is 1. The second kappa shape index (κ2) is 25.8. The molecule has 1 aliphatic rings. The molecule has 0 spiro atoms. The van der Waals surface area contributed by atoms with E-state index >= 15 is 0 Å². The van der Waals surface area contributed by atoms with Crippen LogP contribution in [-0.4, -0.2) is 180 Å². The molecule has 1 fully saturated rings. The maximum Gasteiger partial charge on any atom is 0.333 e. The number of ether oxygens (including phenoxy) is 4. The van der Waals surface area contributed by atoms with Crippen LogP contribution in [0.4, 0.5) is 0 Å². The van der Waals surface area contributed by atoms with E-state index in [2.05, 4.69) is 21.3 Å². The molecule has 380 valence electrons. The van der Waals surface area contributed by atoms with Gasteiger partial charge in [0.25, 0.3) is 5.91 Å². The van der Waals surface area contributed by atoms with Gasteiger partial charge in [0.2, 0.25) is 35.4 Å². The molecule has 22 nitrogen and oxygen atoms in total. The Hall–Kier alpha value is -6.16. The van der Waals surface area contributed by atoms with E-state index in [4.69, 9.17) is 18.9 Å². The van der Waals surface area contributed by atoms with Gasteiger partial charge in [-0.3, -0.25) is 33.6 Å². The van der Waals surface area contributed by atoms with Gasteiger partial charge in [-0.1, -0.05) is 58.0 Å². The Bertz CT molecular complexity index is 1980. The lowest BCUT2D eigenvalue weighted by molar-refractivity contribution is -0.174. The van der Waals surface area contributed by atoms with E-state index in [1.165, 1.54) is 62.9 Å². The summed E-state index contributed by atoms with van der Waals surface area (Å²) in [5.41, 5.74) is 0.555. The van der Waals surface area contributed by atoms with Crippen LogP contribution in [0.3, 0.4) is 0 Å². The summed E-state index contributed by atoms with van der Waals surface area (Å²) < 4.78 is 22.9. The molecule has 0 bridgehead atoms. The Balaban J connectivity index is 2.89. The van der Waals surface area contributed by atoms with Crippen molar-refractivity contribution in [1.82, 2.24) is 36.0 Å². The van der Waals surface area contributed by atoms with E-state index in [1.54, 1.807) is 58.0 Å². The van der Waals surface area contributed by atoms with Gasteiger partial charge in [-0.05, 0) is 52.0 Å². The maximum atomic E-state index is 14.9. The smallest absolute Gasteiger partial charge is 0.333 e. The number of nitrogens with one attached hydrogen (secondary N) is 4. The molecule has 0 radical (unpaired) electrons. The van der Waals surface area contributed by atoms with Crippen LogP contribution >= 0.6 is 0 Å². The second-order valence-electron chi connectivity index (χ2n) is 17.8. The van der Waals surface area contributed by atoms with Crippen LogP contribution in [0.1, 0.15) is 81.7 Å². The number of cyclic esters (lactones) is 2. The van der Waals surface area contributed by atoms with Crippen molar-refractivity contribution in [2.45, 2.75) is 155 Å². The molecule has 22 heteroatoms. The van der Waals surface area contributed by atoms with Gasteiger partial charge in [0.05, 0.1) is 12.2 Å². The van der Waals surface area contributed by atoms with Crippen molar-refractivity contribution in [2.75, 3.05) is 28.3 Å². The molecule has 68 heavy (non-hydrogen) atoms. The van der Waals surface area contributed by atoms with Gasteiger partial charge < -0.3 is 60.0 Å². The molecule has 2 rings (SSSR count). The van der Waals surface area contributed by atoms with Crippen LogP contribution in [0.5, 0.6) is 0 Å². The van der Waals surface area contributed by atoms with E-state index in [9.17, 15) is 53.1 Å². The number of hydrogen-bond acceptors (Lipinski definition) is 15. The lowest BCUT2D eigenvalue weighted by atomic mass is 9.95. The SMILES string of the molecule is CO[C@H](C)[C@H]1C(=O)O[C@H](C)[C@H](NC(C)=O)C(=O)O[C@H](Cc2ccccc2)C(=O)N(C)[C@@H](C)C(=O)N[C@@H](C)C(=O)N(C)[C@@H](C)C(=O)N[C@@H]([C@H](OC(=O)[C@@H](NC(C)=O)[C@H](O)C(C)C)C(C)C)C(=O)N1C. The Labute approximate surface area is 397 Å². The van der Waals surface area contributed by atoms with E-state index in [0.29, 0.717) is 5.56 Å². The fourth-order valence-electron chi connectivity index (χ4n) is 7.18. The first-order valence-corrected chi connectivity index (χ1v) is 22.4. The number of hydrogen-bond donors (Lipinski definition) is 5. The van der Waals surface area contributed by atoms with Crippen LogP contribution in [0.2, 0.25) is 0 Å². The summed E-state index contributed by atoms with van der Waals surface area (Å²) in [6.45, 7) is 15.2. The highest BCUT2D eigenvalue weighted by molar-refractivity contribution is 5.97. The van der Waals surface area contributed by atoms with Crippen molar-refractivity contribution in [3.8, 4) is 0 Å². The number of amides is 7. The predicted octanol–water partition coefficient (Wildman–Crippen LogP) is -0.774. The largest absolute Gasteiger partial charge is 0.458 e. The van der Waals surface area contributed by atoms with Crippen molar-refractivity contribution in [1.29, 1.82) is 0 Å². The highest BCUT2D eigenvalue weighted by Gasteiger charge is 2.46. The molecule has 0 unspecified atom stereocenters. The fraction of sp³-hybridized carbons (Fsp3) is 0.652. The molecule has 0 aromatic heterocycles. The molecule has 1 heterocycles. The summed E-state index contributed by atoms with van der Waals surface area (Å²) in [6.07, 6.45) is -7.54. The third-order valence-corrected chi connectivity index (χ3v) is 11.8. The molecule has 1 aromatic carbocycles. The van der Waals surface area contributed by atoms with Crippen LogP contribution in [0, 0.1) is 11.8 Å². The zero-order valence-corrected chi connectivity index (χ0v) is 41.7. The topological polar surface area (TPSA) is 286 Å². The fourth-order valence-corrected chi connectivity index (χ4v) is 7.18. The minimum Gasteiger partial charge on any atom is -0.458 e. The van der Waals surface area contributed by atoms with Crippen molar-refractivity contribution in [3.05, 3.63) is 35.9 Å². The standard InChI is InChI=1S/C46H71N7O15/c1-22(2)37(56)34(49-30(11)55)45(63)68-38(23(3)4)35-43(61)53(14)36(28(9)65-15)46(64)66-27(8)33(48-29(10)54)44(62)67-32(21-31-19-17-16-18-20-31)42(60)52(13)25(6)39(57)47-24(5)41(59)51(12)26(7)40(58)50-35/h16-20,22-28,32-38,56H,21H2,1-15H3,(H,47,57)(H,48,54)(H,49,55)(H,50,58)/t24-,25-,26-,27+,28+,32+,33-,34-,35-,36-,37+,38+/m0/s1. The molecule has 12 atom stereocenters. The van der Waals surface area contributed by atoms with Crippen molar-refractivity contribution < 1.29 is 72.0 Å². The van der Waals surface area contributed by atoms with E-state index in [0.717, 1.165) is 28.5 Å². The average Bonchev–Trinajstić information content (AvgIpc) is 3.27. The van der Waals surface area contributed by atoms with Crippen LogP contribution in [-0.2, 0) is 73.3 Å². The number of carbonyl (C=O) groups excluding carboxylic acids is 10. The number of esters is 3. The summed E-state index contributed by atoms with van der Waals surface area (Å²) in [5.74, 6) is -10.8. The normalized spacial score (nSPS) is 26.3. The van der Waals surface area contributed by atoms with Crippen LogP contribution in [0.15, 0.2) is 30.3 Å². The van der Waals surface area contributed by atoms with Gasteiger partial charge in [-0.2, -0.15) is 0 Å². The number of benzene rings is 1. The van der Waals surface area contributed by atoms with Gasteiger partial charge in [0.1, 0.15) is 36.4 Å². The molecule has 5 N–H and O–H groups in total. The summed E-state index contributed by atoms with van der Waals surface area (Å²) in [4.78, 5) is 141. The van der Waals surface area contributed by atoms with E-state index < -0.39 is 144 Å². The summed E-state index contributed by atoms with van der Waals surface area (Å²) in [7, 11) is 4.97. The van der Waals surface area contributed by atoms with Gasteiger partial charge in [-0.15, -0.1) is 0 Å². The maximum absolute atomic E-state index is 14.9. The van der Waals surface area contributed by atoms with Gasteiger partial charge in [0, 0.05) is 48.5 Å². The zero-order chi connectivity index (χ0) is 52.1. The van der Waals surface area contributed by atoms with Gasteiger partial charge >= 0.3 is 17.9 Å². The number of aliphatic hydroxyl groups is 1. The molecule has 0 saturated carbocycles. The number of carbonyl (C=O) groups is 10. The van der Waals surface area contributed by atoms with E-state index in [1.807, 2.05) is 0 Å². The van der Waals surface area contributed by atoms with E-state index in [-0.39, 0.29) is 6.42 Å². The molecule has 1 aliphatic heterocycles. The Morgan fingerprint density at radius 3 is 1.78 bits per heavy atom. The van der Waals surface area contributed by atoms with Crippen molar-refractivity contribution in [3.63, 3.8) is 0 Å². The van der Waals surface area contributed by atoms with Crippen molar-refractivity contribution >= 4 is 59.3 Å². The molecule has 1 saturated heterocycles. The third kappa shape index (κ3) is 15.4. The first kappa shape index (κ1) is 58.0. The molecular formula is C46H71N7O15. The Morgan fingerprint density at radius 2 is 1.28 bits per heavy atom. The van der Waals surface area contributed by atoms with Gasteiger partial charge in [-0.25, -0.2) is 14.4 Å². The van der Waals surface area contributed by atoms with Crippen LogP contribution in [0.25, 0.3) is 0 Å². The summed E-state index contributed by atoms with van der Waals surface area (Å²) in [5, 5.41) is 20.8. The highest BCUT2D eigenvalue weighted by Crippen LogP contribution is 2.22. The lowest BCUT2D eigenvalue weighted by Gasteiger charge is -2.38. The lowest BCUT2D eigenvalue weighted by Crippen LogP contribution is -2.64. The number of nitrogens with zero attached hydrogens (tertiary/aromatic N) is 3. The number of likely N-dealkylation sites (N-methyl/N-ethyl adjacent to an activating group) is 3. The molecule has 7 amide bonds. The molecule has 0 aliphatic carbocycles. The highest BCUT2D eigenvalue weighted by atomic mass is 16.6. The zero-order valence-electron chi connectivity index (χ0n) is 41.7. The first-order valence-electron chi connectivity index (χ1n) is 22.4. The Kier molecular flexibility index (Phi) is 22.0. The number of rotatable bonds is 12. The molecule has 1 aromatic rings. The molecular weight excluding hydrogens is 891 g/mol. The van der Waals surface area contributed by atoms with Crippen LogP contribution < -0.4 is 21.3 Å². The number of aliphatic hydroxyl groups excluding tert-OH is 1. The van der Waals surface area contributed by atoms with Gasteiger partial charge in [0.15, 0.2) is 24.2 Å². The third-order valence-electron chi connectivity index (χ3n) is 11.8. The summed E-state index contributed by atoms with van der Waals surface area (Å²) >= 11 is 0. The minimum absolute atomic E-state index is 0.189. The summed E-state index contributed by atoms with van der Waals surface area (Å²) in [6, 6.07) is -2.36. The predicted molar refractivity (Wildman–Crippen MR) is 243 cm³/mol. The average molecular weight is 962 g/mol. The second-order valence-corrected chi connectivity index (χ2v) is 17.8. The monoisotopic (exact) mass is 962 g/mol. The Morgan fingerprint density at radius 1 is 0.735 bits per heavy atom. The quantitative estimate of drug-likeness (QED) is 0.127. The minimum atomic E-state index is -1.85. The van der Waals surface area contributed by atoms with Crippen molar-refractivity contribution in [2.24, 2.45) is 11.8 Å².